The topological polar surface area (TPSA) is 115 Å². The van der Waals surface area contributed by atoms with Crippen molar-refractivity contribution in [1.29, 1.82) is 0 Å². The number of hydrogen-bond donors (Lipinski definition) is 2. The molecule has 3 N–H and O–H groups in total. The monoisotopic (exact) mass is 430 g/mol. The van der Waals surface area contributed by atoms with Gasteiger partial charge in [-0.1, -0.05) is 0 Å². The standard InChI is InChI=1S/C23H26N8O/c1-13-16(7-26-23(28-13)30-9-14-6-15(14)10-30)11-31-12-17(8-27-31)22(32)29-20-3-2-19-18(20)4-5-25-21(19)24/h4-5,7-8,12,14-15,20H,2-3,6,9-11H2,1H3,(H2,24,25)(H,29,32)/t14?,15?,20-/m1/s1. The molecule has 4 heterocycles. The number of carbonyl (C=O) groups is 1. The molecule has 3 aliphatic rings. The van der Waals surface area contributed by atoms with Gasteiger partial charge in [0.25, 0.3) is 5.91 Å². The van der Waals surface area contributed by atoms with Crippen molar-refractivity contribution in [2.75, 3.05) is 23.7 Å². The molecule has 2 unspecified atom stereocenters. The molecule has 1 amide bonds. The zero-order valence-electron chi connectivity index (χ0n) is 18.0. The predicted octanol–water partition coefficient (Wildman–Crippen LogP) is 1.88. The van der Waals surface area contributed by atoms with Crippen LogP contribution in [0.4, 0.5) is 11.8 Å². The third kappa shape index (κ3) is 3.37. The van der Waals surface area contributed by atoms with Crippen LogP contribution in [0.5, 0.6) is 0 Å². The van der Waals surface area contributed by atoms with E-state index < -0.39 is 0 Å². The summed E-state index contributed by atoms with van der Waals surface area (Å²) in [5.41, 5.74) is 10.5. The lowest BCUT2D eigenvalue weighted by molar-refractivity contribution is 0.0936. The van der Waals surface area contributed by atoms with E-state index in [1.54, 1.807) is 23.3 Å². The molecule has 3 aromatic rings. The van der Waals surface area contributed by atoms with Crippen molar-refractivity contribution in [1.82, 2.24) is 30.0 Å². The van der Waals surface area contributed by atoms with Gasteiger partial charge in [0.2, 0.25) is 5.95 Å². The highest BCUT2D eigenvalue weighted by Gasteiger charge is 2.45. The fourth-order valence-corrected chi connectivity index (χ4v) is 5.05. The molecule has 32 heavy (non-hydrogen) atoms. The number of piperidine rings is 1. The van der Waals surface area contributed by atoms with Crippen molar-refractivity contribution < 1.29 is 4.79 Å². The SMILES string of the molecule is Cc1nc(N2CC3CC3C2)ncc1Cn1cc(C(=O)N[C@@H]2CCc3c2ccnc3N)cn1. The van der Waals surface area contributed by atoms with Crippen LogP contribution in [0.2, 0.25) is 0 Å². The van der Waals surface area contributed by atoms with Crippen LogP contribution in [0.1, 0.15) is 51.6 Å². The van der Waals surface area contributed by atoms with E-state index in [1.165, 1.54) is 6.42 Å². The number of aromatic nitrogens is 5. The maximum Gasteiger partial charge on any atom is 0.254 e. The molecule has 9 nitrogen and oxygen atoms in total. The van der Waals surface area contributed by atoms with E-state index in [0.29, 0.717) is 17.9 Å². The fourth-order valence-electron chi connectivity index (χ4n) is 5.05. The van der Waals surface area contributed by atoms with Gasteiger partial charge >= 0.3 is 0 Å². The normalized spacial score (nSPS) is 23.2. The number of anilines is 2. The lowest BCUT2D eigenvalue weighted by Gasteiger charge is -2.18. The molecule has 1 aliphatic heterocycles. The van der Waals surface area contributed by atoms with Crippen LogP contribution in [-0.4, -0.2) is 43.7 Å². The maximum atomic E-state index is 12.8. The first kappa shape index (κ1) is 19.2. The summed E-state index contributed by atoms with van der Waals surface area (Å²) < 4.78 is 1.76. The highest BCUT2D eigenvalue weighted by atomic mass is 16.1. The predicted molar refractivity (Wildman–Crippen MR) is 119 cm³/mol. The largest absolute Gasteiger partial charge is 0.383 e. The number of carbonyl (C=O) groups excluding carboxylic acids is 1. The third-order valence-electron chi connectivity index (χ3n) is 7.05. The quantitative estimate of drug-likeness (QED) is 0.635. The van der Waals surface area contributed by atoms with Crippen molar-refractivity contribution in [2.45, 2.75) is 38.8 Å². The average molecular weight is 431 g/mol. The summed E-state index contributed by atoms with van der Waals surface area (Å²) in [7, 11) is 0. The molecular weight excluding hydrogens is 404 g/mol. The first-order chi connectivity index (χ1) is 15.5. The molecule has 9 heteroatoms. The number of nitrogens with zero attached hydrogens (tertiary/aromatic N) is 6. The second-order valence-electron chi connectivity index (χ2n) is 9.20. The van der Waals surface area contributed by atoms with Crippen molar-refractivity contribution in [2.24, 2.45) is 11.8 Å². The van der Waals surface area contributed by atoms with Crippen LogP contribution in [0.15, 0.2) is 30.9 Å². The van der Waals surface area contributed by atoms with Gasteiger partial charge in [0, 0.05) is 42.9 Å². The van der Waals surface area contributed by atoms with E-state index >= 15 is 0 Å². The number of fused-ring (bicyclic) bond motifs is 2. The summed E-state index contributed by atoms with van der Waals surface area (Å²) in [5, 5.41) is 7.49. The molecule has 3 aromatic heterocycles. The number of aryl methyl sites for hydroxylation is 1. The first-order valence-electron chi connectivity index (χ1n) is 11.2. The summed E-state index contributed by atoms with van der Waals surface area (Å²) in [6, 6.07) is 1.89. The molecule has 1 saturated carbocycles. The number of nitrogens with two attached hydrogens (primary N) is 1. The third-order valence-corrected chi connectivity index (χ3v) is 7.05. The Morgan fingerprint density at radius 1 is 1.25 bits per heavy atom. The number of nitrogens with one attached hydrogen (secondary N) is 1. The van der Waals surface area contributed by atoms with Crippen molar-refractivity contribution in [3.05, 3.63) is 58.8 Å². The van der Waals surface area contributed by atoms with E-state index in [1.807, 2.05) is 19.2 Å². The number of pyridine rings is 1. The van der Waals surface area contributed by atoms with Gasteiger partial charge in [0.15, 0.2) is 0 Å². The zero-order chi connectivity index (χ0) is 21.8. The average Bonchev–Trinajstić information content (AvgIpc) is 3.17. The smallest absolute Gasteiger partial charge is 0.254 e. The first-order valence-corrected chi connectivity index (χ1v) is 11.2. The molecular formula is C23H26N8O. The molecule has 6 rings (SSSR count). The Labute approximate surface area is 186 Å². The van der Waals surface area contributed by atoms with Crippen LogP contribution >= 0.6 is 0 Å². The number of rotatable bonds is 5. The van der Waals surface area contributed by atoms with Gasteiger partial charge in [-0.05, 0) is 55.2 Å². The van der Waals surface area contributed by atoms with Gasteiger partial charge in [-0.15, -0.1) is 0 Å². The molecule has 0 bridgehead atoms. The van der Waals surface area contributed by atoms with Crippen LogP contribution in [0.25, 0.3) is 0 Å². The van der Waals surface area contributed by atoms with E-state index in [2.05, 4.69) is 25.3 Å². The van der Waals surface area contributed by atoms with Gasteiger partial charge in [-0.3, -0.25) is 9.48 Å². The molecule has 0 aromatic carbocycles. The molecule has 164 valence electrons. The fraction of sp³-hybridized carbons (Fsp3) is 0.435. The summed E-state index contributed by atoms with van der Waals surface area (Å²) in [6.07, 6.45) is 9.97. The second-order valence-corrected chi connectivity index (χ2v) is 9.20. The Hall–Kier alpha value is -3.49. The lowest BCUT2D eigenvalue weighted by Crippen LogP contribution is -2.26. The Kier molecular flexibility index (Phi) is 4.38. The Balaban J connectivity index is 1.12. The van der Waals surface area contributed by atoms with Gasteiger partial charge in [0.1, 0.15) is 5.82 Å². The minimum atomic E-state index is -0.139. The van der Waals surface area contributed by atoms with Gasteiger partial charge < -0.3 is 16.0 Å². The van der Waals surface area contributed by atoms with E-state index in [0.717, 1.165) is 66.1 Å². The molecule has 0 radical (unpaired) electrons. The number of nitrogen functional groups attached to an aromatic ring is 1. The van der Waals surface area contributed by atoms with Gasteiger partial charge in [0.05, 0.1) is 24.3 Å². The Morgan fingerprint density at radius 3 is 2.91 bits per heavy atom. The van der Waals surface area contributed by atoms with Crippen LogP contribution in [0.3, 0.4) is 0 Å². The zero-order valence-corrected chi connectivity index (χ0v) is 18.0. The van der Waals surface area contributed by atoms with Crippen molar-refractivity contribution in [3.8, 4) is 0 Å². The summed E-state index contributed by atoms with van der Waals surface area (Å²) >= 11 is 0. The highest BCUT2D eigenvalue weighted by Crippen LogP contribution is 2.45. The van der Waals surface area contributed by atoms with Crippen molar-refractivity contribution >= 4 is 17.7 Å². The molecule has 0 spiro atoms. The van der Waals surface area contributed by atoms with E-state index in [9.17, 15) is 4.79 Å². The summed E-state index contributed by atoms with van der Waals surface area (Å²) in [5.74, 6) is 2.93. The summed E-state index contributed by atoms with van der Waals surface area (Å²) in [4.78, 5) is 28.6. The lowest BCUT2D eigenvalue weighted by atomic mass is 10.1. The van der Waals surface area contributed by atoms with E-state index in [4.69, 9.17) is 10.7 Å². The Morgan fingerprint density at radius 2 is 2.09 bits per heavy atom. The van der Waals surface area contributed by atoms with Crippen LogP contribution < -0.4 is 16.0 Å². The summed E-state index contributed by atoms with van der Waals surface area (Å²) in [6.45, 7) is 4.69. The molecule has 3 atom stereocenters. The van der Waals surface area contributed by atoms with Gasteiger partial charge in [-0.25, -0.2) is 15.0 Å². The molecule has 1 saturated heterocycles. The minimum Gasteiger partial charge on any atom is -0.383 e. The molecule has 2 fully saturated rings. The maximum absolute atomic E-state index is 12.8. The minimum absolute atomic E-state index is 0.0500. The highest BCUT2D eigenvalue weighted by molar-refractivity contribution is 5.94. The van der Waals surface area contributed by atoms with Gasteiger partial charge in [-0.2, -0.15) is 5.10 Å². The van der Waals surface area contributed by atoms with Crippen LogP contribution in [0, 0.1) is 18.8 Å². The number of amides is 1. The second kappa shape index (κ2) is 7.29. The van der Waals surface area contributed by atoms with E-state index in [-0.39, 0.29) is 11.9 Å². The number of hydrogen-bond acceptors (Lipinski definition) is 7. The van der Waals surface area contributed by atoms with Crippen molar-refractivity contribution in [3.63, 3.8) is 0 Å². The Bertz CT molecular complexity index is 1190. The van der Waals surface area contributed by atoms with Crippen LogP contribution in [-0.2, 0) is 13.0 Å². The molecule has 2 aliphatic carbocycles.